The van der Waals surface area contributed by atoms with Crippen LogP contribution in [0.4, 0.5) is 11.5 Å². The molecule has 7 heteroatoms. The molecule has 0 aliphatic carbocycles. The van der Waals surface area contributed by atoms with E-state index in [9.17, 15) is 4.79 Å². The van der Waals surface area contributed by atoms with Crippen molar-refractivity contribution in [2.75, 3.05) is 12.4 Å². The first-order chi connectivity index (χ1) is 11.2. The minimum Gasteiger partial charge on any atom is -0.358 e. The van der Waals surface area contributed by atoms with E-state index in [1.165, 1.54) is 0 Å². The molecule has 2 heterocycles. The SMILES string of the molecule is CNC(=O)Cn1cc(Nc2ccnc(-c3ccccc3)n2)cn1. The van der Waals surface area contributed by atoms with Crippen LogP contribution in [0.25, 0.3) is 11.4 Å². The van der Waals surface area contributed by atoms with Gasteiger partial charge in [0.1, 0.15) is 12.4 Å². The number of hydrogen-bond acceptors (Lipinski definition) is 5. The molecule has 0 spiro atoms. The third kappa shape index (κ3) is 3.70. The molecule has 0 aliphatic rings. The molecule has 1 amide bonds. The Balaban J connectivity index is 1.75. The molecular formula is C16H16N6O. The first-order valence-electron chi connectivity index (χ1n) is 7.13. The summed E-state index contributed by atoms with van der Waals surface area (Å²) in [5.74, 6) is 1.21. The number of hydrogen-bond donors (Lipinski definition) is 2. The number of carbonyl (C=O) groups is 1. The lowest BCUT2D eigenvalue weighted by atomic mass is 10.2. The van der Waals surface area contributed by atoms with Gasteiger partial charge in [0.25, 0.3) is 0 Å². The lowest BCUT2D eigenvalue weighted by molar-refractivity contribution is -0.121. The number of carbonyl (C=O) groups excluding carboxylic acids is 1. The molecule has 0 radical (unpaired) electrons. The first-order valence-corrected chi connectivity index (χ1v) is 7.13. The van der Waals surface area contributed by atoms with E-state index >= 15 is 0 Å². The normalized spacial score (nSPS) is 10.3. The van der Waals surface area contributed by atoms with Gasteiger partial charge in [-0.2, -0.15) is 5.10 Å². The molecule has 1 aromatic carbocycles. The highest BCUT2D eigenvalue weighted by atomic mass is 16.1. The number of anilines is 2. The molecule has 0 unspecified atom stereocenters. The van der Waals surface area contributed by atoms with Gasteiger partial charge >= 0.3 is 0 Å². The van der Waals surface area contributed by atoms with E-state index in [2.05, 4.69) is 25.7 Å². The van der Waals surface area contributed by atoms with Crippen LogP contribution in [0, 0.1) is 0 Å². The fourth-order valence-corrected chi connectivity index (χ4v) is 2.04. The number of amides is 1. The fourth-order valence-electron chi connectivity index (χ4n) is 2.04. The summed E-state index contributed by atoms with van der Waals surface area (Å²) in [4.78, 5) is 20.1. The van der Waals surface area contributed by atoms with E-state index in [0.717, 1.165) is 11.3 Å². The summed E-state index contributed by atoms with van der Waals surface area (Å²) in [7, 11) is 1.59. The third-order valence-corrected chi connectivity index (χ3v) is 3.18. The zero-order valence-electron chi connectivity index (χ0n) is 12.6. The molecule has 0 atom stereocenters. The summed E-state index contributed by atoms with van der Waals surface area (Å²) in [6.45, 7) is 0.178. The number of nitrogens with one attached hydrogen (secondary N) is 2. The molecule has 0 aliphatic heterocycles. The largest absolute Gasteiger partial charge is 0.358 e. The second-order valence-corrected chi connectivity index (χ2v) is 4.86. The maximum Gasteiger partial charge on any atom is 0.241 e. The maximum atomic E-state index is 11.3. The van der Waals surface area contributed by atoms with Gasteiger partial charge in [0.05, 0.1) is 11.9 Å². The van der Waals surface area contributed by atoms with Crippen molar-refractivity contribution in [2.45, 2.75) is 6.54 Å². The van der Waals surface area contributed by atoms with Crippen molar-refractivity contribution < 1.29 is 4.79 Å². The van der Waals surface area contributed by atoms with E-state index < -0.39 is 0 Å². The predicted octanol–water partition coefficient (Wildman–Crippen LogP) is 1.83. The average molecular weight is 308 g/mol. The Labute approximate surface area is 133 Å². The van der Waals surface area contributed by atoms with Crippen molar-refractivity contribution in [2.24, 2.45) is 0 Å². The molecule has 3 aromatic rings. The monoisotopic (exact) mass is 308 g/mol. The van der Waals surface area contributed by atoms with Crippen LogP contribution in [0.3, 0.4) is 0 Å². The second-order valence-electron chi connectivity index (χ2n) is 4.86. The standard InChI is InChI=1S/C16H16N6O/c1-17-15(23)11-22-10-13(9-19-22)20-14-7-8-18-16(21-14)12-5-3-2-4-6-12/h2-10H,11H2,1H3,(H,17,23)(H,18,20,21). The van der Waals surface area contributed by atoms with Gasteiger partial charge in [-0.3, -0.25) is 9.48 Å². The lowest BCUT2D eigenvalue weighted by Crippen LogP contribution is -2.23. The van der Waals surface area contributed by atoms with Gasteiger partial charge < -0.3 is 10.6 Å². The van der Waals surface area contributed by atoms with Crippen molar-refractivity contribution in [1.29, 1.82) is 0 Å². The zero-order valence-corrected chi connectivity index (χ0v) is 12.6. The van der Waals surface area contributed by atoms with E-state index in [4.69, 9.17) is 0 Å². The quantitative estimate of drug-likeness (QED) is 0.751. The Bertz CT molecular complexity index is 799. The summed E-state index contributed by atoms with van der Waals surface area (Å²) >= 11 is 0. The van der Waals surface area contributed by atoms with E-state index in [1.54, 1.807) is 36.4 Å². The fraction of sp³-hybridized carbons (Fsp3) is 0.125. The molecule has 116 valence electrons. The van der Waals surface area contributed by atoms with Gasteiger partial charge in [-0.25, -0.2) is 9.97 Å². The Morgan fingerprint density at radius 3 is 2.83 bits per heavy atom. The first kappa shape index (κ1) is 14.7. The van der Waals surface area contributed by atoms with Crippen LogP contribution >= 0.6 is 0 Å². The van der Waals surface area contributed by atoms with Crippen molar-refractivity contribution >= 4 is 17.4 Å². The molecule has 0 fully saturated rings. The molecule has 0 bridgehead atoms. The van der Waals surface area contributed by atoms with Gasteiger partial charge in [0.2, 0.25) is 5.91 Å². The van der Waals surface area contributed by atoms with Gasteiger partial charge in [-0.05, 0) is 6.07 Å². The average Bonchev–Trinajstić information content (AvgIpc) is 3.02. The summed E-state index contributed by atoms with van der Waals surface area (Å²) in [6, 6.07) is 11.5. The summed E-state index contributed by atoms with van der Waals surface area (Å²) < 4.78 is 1.56. The Kier molecular flexibility index (Phi) is 4.28. The molecule has 0 saturated carbocycles. The number of likely N-dealkylation sites (N-methyl/N-ethyl adjacent to an activating group) is 1. The molecule has 2 aromatic heterocycles. The molecule has 2 N–H and O–H groups in total. The lowest BCUT2D eigenvalue weighted by Gasteiger charge is -2.05. The highest BCUT2D eigenvalue weighted by Gasteiger charge is 2.05. The minimum atomic E-state index is -0.104. The highest BCUT2D eigenvalue weighted by molar-refractivity contribution is 5.75. The van der Waals surface area contributed by atoms with Gasteiger partial charge in [-0.1, -0.05) is 30.3 Å². The Hall–Kier alpha value is -3.22. The van der Waals surface area contributed by atoms with E-state index in [-0.39, 0.29) is 12.5 Å². The summed E-state index contributed by atoms with van der Waals surface area (Å²) in [6.07, 6.45) is 5.10. The van der Waals surface area contributed by atoms with Crippen LogP contribution in [0.2, 0.25) is 0 Å². The Morgan fingerprint density at radius 2 is 2.04 bits per heavy atom. The van der Waals surface area contributed by atoms with Gasteiger partial charge in [0.15, 0.2) is 5.82 Å². The molecule has 3 rings (SSSR count). The number of nitrogens with zero attached hydrogens (tertiary/aromatic N) is 4. The number of rotatable bonds is 5. The van der Waals surface area contributed by atoms with Crippen molar-refractivity contribution in [3.05, 3.63) is 55.0 Å². The van der Waals surface area contributed by atoms with Crippen LogP contribution in [0.15, 0.2) is 55.0 Å². The van der Waals surface area contributed by atoms with E-state index in [0.29, 0.717) is 11.6 Å². The number of benzene rings is 1. The van der Waals surface area contributed by atoms with Crippen LogP contribution in [0.1, 0.15) is 0 Å². The molecule has 7 nitrogen and oxygen atoms in total. The molecule has 0 saturated heterocycles. The van der Waals surface area contributed by atoms with Crippen molar-refractivity contribution in [3.63, 3.8) is 0 Å². The smallest absolute Gasteiger partial charge is 0.241 e. The van der Waals surface area contributed by atoms with Crippen LogP contribution < -0.4 is 10.6 Å². The van der Waals surface area contributed by atoms with E-state index in [1.807, 2.05) is 30.3 Å². The maximum absolute atomic E-state index is 11.3. The van der Waals surface area contributed by atoms with Crippen molar-refractivity contribution in [3.8, 4) is 11.4 Å². The van der Waals surface area contributed by atoms with Gasteiger partial charge in [0, 0.05) is 25.0 Å². The summed E-state index contributed by atoms with van der Waals surface area (Å²) in [5.41, 5.74) is 1.71. The van der Waals surface area contributed by atoms with Crippen molar-refractivity contribution in [1.82, 2.24) is 25.1 Å². The Morgan fingerprint density at radius 1 is 1.22 bits per heavy atom. The second kappa shape index (κ2) is 6.69. The van der Waals surface area contributed by atoms with Crippen LogP contribution in [-0.2, 0) is 11.3 Å². The topological polar surface area (TPSA) is 84.7 Å². The van der Waals surface area contributed by atoms with Crippen LogP contribution in [-0.4, -0.2) is 32.7 Å². The van der Waals surface area contributed by atoms with Crippen LogP contribution in [0.5, 0.6) is 0 Å². The summed E-state index contributed by atoms with van der Waals surface area (Å²) in [5, 5.41) is 9.85. The minimum absolute atomic E-state index is 0.104. The van der Waals surface area contributed by atoms with Gasteiger partial charge in [-0.15, -0.1) is 0 Å². The zero-order chi connectivity index (χ0) is 16.1. The third-order valence-electron chi connectivity index (χ3n) is 3.18. The predicted molar refractivity (Wildman–Crippen MR) is 87.0 cm³/mol. The molecule has 23 heavy (non-hydrogen) atoms. The highest BCUT2D eigenvalue weighted by Crippen LogP contribution is 2.18. The number of aromatic nitrogens is 4. The molecular weight excluding hydrogens is 292 g/mol.